The highest BCUT2D eigenvalue weighted by Gasteiger charge is 2.32. The van der Waals surface area contributed by atoms with Gasteiger partial charge in [0.05, 0.1) is 27.2 Å². The van der Waals surface area contributed by atoms with Crippen LogP contribution in [0.15, 0.2) is 33.8 Å². The van der Waals surface area contributed by atoms with E-state index in [1.54, 1.807) is 17.9 Å². The summed E-state index contributed by atoms with van der Waals surface area (Å²) in [6.45, 7) is 1.98. The van der Waals surface area contributed by atoms with Gasteiger partial charge in [0.1, 0.15) is 11.2 Å². The predicted molar refractivity (Wildman–Crippen MR) is 112 cm³/mol. The average molecular weight is 456 g/mol. The second-order valence-electron chi connectivity index (χ2n) is 7.18. The Bertz CT molecular complexity index is 1240. The summed E-state index contributed by atoms with van der Waals surface area (Å²) in [7, 11) is -0.617. The first-order chi connectivity index (χ1) is 14.1. The van der Waals surface area contributed by atoms with Crippen LogP contribution in [0.25, 0.3) is 22.7 Å². The van der Waals surface area contributed by atoms with E-state index in [1.165, 1.54) is 18.0 Å². The molecule has 0 radical (unpaired) electrons. The number of hydrogen-bond acceptors (Lipinski definition) is 6. The first-order valence-corrected chi connectivity index (χ1v) is 12.3. The van der Waals surface area contributed by atoms with Crippen LogP contribution in [0.4, 0.5) is 18.9 Å². The highest BCUT2D eigenvalue weighted by Crippen LogP contribution is 2.36. The number of halogens is 3. The smallest absolute Gasteiger partial charge is 0.310 e. The minimum Gasteiger partial charge on any atom is -0.310 e. The number of rotatable bonds is 5. The van der Waals surface area contributed by atoms with Gasteiger partial charge in [0, 0.05) is 29.6 Å². The number of imidazole rings is 1. The molecule has 3 aromatic heterocycles. The van der Waals surface area contributed by atoms with Crippen LogP contribution >= 0.6 is 11.8 Å². The fraction of sp³-hybridized carbons (Fsp3) is 0.421. The van der Waals surface area contributed by atoms with Crippen molar-refractivity contribution in [3.8, 4) is 11.5 Å². The maximum absolute atomic E-state index is 13.0. The molecule has 1 aliphatic carbocycles. The van der Waals surface area contributed by atoms with Crippen LogP contribution in [-0.2, 0) is 23.0 Å². The van der Waals surface area contributed by atoms with Gasteiger partial charge in [0.15, 0.2) is 11.5 Å². The van der Waals surface area contributed by atoms with Crippen LogP contribution in [0.1, 0.15) is 25.3 Å². The fourth-order valence-corrected chi connectivity index (χ4v) is 5.62. The Labute approximate surface area is 176 Å². The molecule has 3 heterocycles. The number of fused-ring (bicyclic) bond motifs is 1. The molecular weight excluding hydrogens is 435 g/mol. The Balaban J connectivity index is 1.82. The summed E-state index contributed by atoms with van der Waals surface area (Å²) in [5, 5.41) is 0.133. The van der Waals surface area contributed by atoms with Crippen molar-refractivity contribution in [3.63, 3.8) is 0 Å². The van der Waals surface area contributed by atoms with Gasteiger partial charge in [-0.15, -0.1) is 11.8 Å². The second kappa shape index (κ2) is 7.52. The van der Waals surface area contributed by atoms with Gasteiger partial charge in [-0.2, -0.15) is 17.5 Å². The topological polar surface area (TPSA) is 73.0 Å². The predicted octanol–water partition coefficient (Wildman–Crippen LogP) is 5.05. The largest absolute Gasteiger partial charge is 0.417 e. The number of thioether (sulfide) groups is 1. The molecule has 3 aromatic rings. The molecule has 1 fully saturated rings. The molecule has 11 heteroatoms. The van der Waals surface area contributed by atoms with E-state index in [-0.39, 0.29) is 10.8 Å². The molecule has 1 aliphatic rings. The number of hydrogen-bond donors (Lipinski definition) is 0. The first-order valence-electron chi connectivity index (χ1n) is 9.34. The Morgan fingerprint density at radius 1 is 1.27 bits per heavy atom. The van der Waals surface area contributed by atoms with Gasteiger partial charge in [0.25, 0.3) is 0 Å². The number of aryl methyl sites for hydroxylation is 1. The number of alkyl halides is 3. The van der Waals surface area contributed by atoms with E-state index < -0.39 is 21.5 Å². The molecule has 0 saturated heterocycles. The molecule has 0 aromatic carbocycles. The molecule has 1 saturated carbocycles. The highest BCUT2D eigenvalue weighted by atomic mass is 32.2. The van der Waals surface area contributed by atoms with Crippen molar-refractivity contribution in [2.45, 2.75) is 36.1 Å². The fourth-order valence-electron chi connectivity index (χ4n) is 3.15. The van der Waals surface area contributed by atoms with Gasteiger partial charge in [-0.05, 0) is 30.7 Å². The summed E-state index contributed by atoms with van der Waals surface area (Å²) in [5.41, 5.74) is 0.707. The standard InChI is InChI=1S/C19H20F3N5OS2/c1-4-29-15-8-12(26-30(3,28)13-5-6-13)10-23-16(15)18-25-14-7-11(19(20,21)22)9-24-17(14)27(18)2/h7-10,13H,4-6H2,1-3H3. The molecule has 160 valence electrons. The third kappa shape index (κ3) is 4.04. The average Bonchev–Trinajstić information content (AvgIpc) is 3.47. The number of nitrogens with zero attached hydrogens (tertiary/aromatic N) is 5. The van der Waals surface area contributed by atoms with Crippen molar-refractivity contribution in [1.29, 1.82) is 0 Å². The number of aromatic nitrogens is 4. The third-order valence-electron chi connectivity index (χ3n) is 4.82. The molecule has 1 unspecified atom stereocenters. The molecule has 6 nitrogen and oxygen atoms in total. The molecule has 1 atom stereocenters. The summed E-state index contributed by atoms with van der Waals surface area (Å²) in [6.07, 6.45) is 1.37. The van der Waals surface area contributed by atoms with Gasteiger partial charge in [-0.25, -0.2) is 19.2 Å². The second-order valence-corrected chi connectivity index (χ2v) is 11.1. The molecule has 0 spiro atoms. The summed E-state index contributed by atoms with van der Waals surface area (Å²) < 4.78 is 57.8. The van der Waals surface area contributed by atoms with E-state index in [0.29, 0.717) is 22.9 Å². The lowest BCUT2D eigenvalue weighted by atomic mass is 10.2. The first kappa shape index (κ1) is 21.1. The lowest BCUT2D eigenvalue weighted by Gasteiger charge is -2.09. The van der Waals surface area contributed by atoms with Gasteiger partial charge in [-0.3, -0.25) is 0 Å². The SMILES string of the molecule is CCSc1cc(N=S(C)(=O)C2CC2)cnc1-c1nc2cc(C(F)(F)F)cnc2n1C. The third-order valence-corrected chi connectivity index (χ3v) is 8.01. The van der Waals surface area contributed by atoms with E-state index in [2.05, 4.69) is 19.3 Å². The molecule has 0 aliphatic heterocycles. The minimum atomic E-state index is -4.49. The maximum Gasteiger partial charge on any atom is 0.417 e. The Morgan fingerprint density at radius 2 is 2.00 bits per heavy atom. The van der Waals surface area contributed by atoms with Crippen LogP contribution in [0, 0.1) is 0 Å². The molecule has 0 N–H and O–H groups in total. The van der Waals surface area contributed by atoms with E-state index in [4.69, 9.17) is 0 Å². The lowest BCUT2D eigenvalue weighted by molar-refractivity contribution is -0.137. The highest BCUT2D eigenvalue weighted by molar-refractivity contribution is 7.99. The Kier molecular flexibility index (Phi) is 5.29. The van der Waals surface area contributed by atoms with Gasteiger partial charge >= 0.3 is 6.18 Å². The summed E-state index contributed by atoms with van der Waals surface area (Å²) in [4.78, 5) is 13.6. The molecule has 0 bridgehead atoms. The van der Waals surface area contributed by atoms with E-state index >= 15 is 0 Å². The molecule has 0 amide bonds. The van der Waals surface area contributed by atoms with Gasteiger partial charge < -0.3 is 4.57 Å². The van der Waals surface area contributed by atoms with Crippen LogP contribution in [0.2, 0.25) is 0 Å². The van der Waals surface area contributed by atoms with Gasteiger partial charge in [0.2, 0.25) is 0 Å². The Morgan fingerprint density at radius 3 is 2.63 bits per heavy atom. The zero-order valence-electron chi connectivity index (χ0n) is 16.6. The van der Waals surface area contributed by atoms with Crippen molar-refractivity contribution >= 4 is 38.3 Å². The van der Waals surface area contributed by atoms with Crippen LogP contribution in [0.3, 0.4) is 0 Å². The Hall–Kier alpha value is -2.14. The molecule has 30 heavy (non-hydrogen) atoms. The molecule has 4 rings (SSSR count). The van der Waals surface area contributed by atoms with Crippen LogP contribution in [0.5, 0.6) is 0 Å². The van der Waals surface area contributed by atoms with E-state index in [1.807, 2.05) is 13.0 Å². The molecular formula is C19H20F3N5OS2. The summed E-state index contributed by atoms with van der Waals surface area (Å²) in [5.74, 6) is 1.17. The zero-order chi connectivity index (χ0) is 21.7. The van der Waals surface area contributed by atoms with Crippen molar-refractivity contribution in [1.82, 2.24) is 19.5 Å². The summed E-state index contributed by atoms with van der Waals surface area (Å²) in [6, 6.07) is 2.81. The maximum atomic E-state index is 13.0. The van der Waals surface area contributed by atoms with Crippen molar-refractivity contribution < 1.29 is 17.4 Å². The van der Waals surface area contributed by atoms with Crippen molar-refractivity contribution in [2.24, 2.45) is 11.4 Å². The van der Waals surface area contributed by atoms with E-state index in [9.17, 15) is 17.4 Å². The van der Waals surface area contributed by atoms with Crippen molar-refractivity contribution in [3.05, 3.63) is 30.1 Å². The zero-order valence-corrected chi connectivity index (χ0v) is 18.2. The van der Waals surface area contributed by atoms with Crippen LogP contribution < -0.4 is 0 Å². The van der Waals surface area contributed by atoms with E-state index in [0.717, 1.165) is 35.8 Å². The van der Waals surface area contributed by atoms with Crippen LogP contribution in [-0.4, -0.2) is 41.0 Å². The van der Waals surface area contributed by atoms with Crippen molar-refractivity contribution in [2.75, 3.05) is 12.0 Å². The summed E-state index contributed by atoms with van der Waals surface area (Å²) >= 11 is 1.52. The minimum absolute atomic E-state index is 0.133. The normalized spacial score (nSPS) is 16.6. The lowest BCUT2D eigenvalue weighted by Crippen LogP contribution is -2.05. The van der Waals surface area contributed by atoms with Gasteiger partial charge in [-0.1, -0.05) is 6.92 Å². The quantitative estimate of drug-likeness (QED) is 0.503. The number of pyridine rings is 2. The monoisotopic (exact) mass is 455 g/mol.